The number of benzene rings is 2. The number of esters is 2. The van der Waals surface area contributed by atoms with Gasteiger partial charge in [-0.25, -0.2) is 19.3 Å². The number of carbonyl (C=O) groups is 2. The smallest absolute Gasteiger partial charge is 0.378 e. The summed E-state index contributed by atoms with van der Waals surface area (Å²) in [5.74, 6) is -0.908. The van der Waals surface area contributed by atoms with Gasteiger partial charge in [-0.15, -0.1) is 5.10 Å². The summed E-state index contributed by atoms with van der Waals surface area (Å²) in [7, 11) is 0. The van der Waals surface area contributed by atoms with Crippen LogP contribution in [-0.4, -0.2) is 51.0 Å². The number of hydrogen-bond donors (Lipinski definition) is 0. The molecule has 0 saturated heterocycles. The zero-order valence-corrected chi connectivity index (χ0v) is 29.1. The average molecular weight is 739 g/mol. The highest BCUT2D eigenvalue weighted by molar-refractivity contribution is 6.66. The van der Waals surface area contributed by atoms with E-state index in [1.54, 1.807) is 37.4 Å². The number of fused-ring (bicyclic) bond motifs is 1. The first kappa shape index (κ1) is 36.9. The Hall–Kier alpha value is -2.53. The van der Waals surface area contributed by atoms with Crippen LogP contribution in [0.3, 0.4) is 0 Å². The first-order valence-electron chi connectivity index (χ1n) is 13.9. The third kappa shape index (κ3) is 10.8. The summed E-state index contributed by atoms with van der Waals surface area (Å²) in [5, 5.41) is 6.09. The fourth-order valence-corrected chi connectivity index (χ4v) is 5.03. The van der Waals surface area contributed by atoms with Crippen LogP contribution in [0, 0.1) is 0 Å². The minimum atomic E-state index is -1.92. The van der Waals surface area contributed by atoms with Gasteiger partial charge in [-0.2, -0.15) is 0 Å². The molecule has 1 atom stereocenters. The molecule has 0 radical (unpaired) electrons. The number of hydrogen-bond acceptors (Lipinski definition) is 8. The average Bonchev–Trinajstić information content (AvgIpc) is 3.44. The van der Waals surface area contributed by atoms with Gasteiger partial charge in [0.25, 0.3) is 5.82 Å². The number of rotatable bonds is 11. The van der Waals surface area contributed by atoms with Crippen LogP contribution in [0.5, 0.6) is 5.75 Å². The third-order valence-electron chi connectivity index (χ3n) is 6.03. The maximum absolute atomic E-state index is 11.9. The molecule has 1 unspecified atom stereocenters. The molecule has 0 spiro atoms. The Morgan fingerprint density at radius 3 is 2.42 bits per heavy atom. The SMILES string of the molecule is CCCCCC(C)OC(=O)COc1ccc(Cl)c2cccnc12.CCOC(=O)c1nc(C(Cl)(Cl)Cl)n(-c2ccc(Cl)cc2Cl)n1. The van der Waals surface area contributed by atoms with E-state index in [9.17, 15) is 9.59 Å². The van der Waals surface area contributed by atoms with E-state index >= 15 is 0 Å². The summed E-state index contributed by atoms with van der Waals surface area (Å²) in [6.45, 7) is 5.74. The topological polar surface area (TPSA) is 105 Å². The normalized spacial score (nSPS) is 11.8. The van der Waals surface area contributed by atoms with Crippen LogP contribution in [0.4, 0.5) is 0 Å². The Bertz CT molecular complexity index is 1610. The van der Waals surface area contributed by atoms with Crippen LogP contribution in [0.1, 0.15) is 62.9 Å². The van der Waals surface area contributed by atoms with Gasteiger partial charge in [0, 0.05) is 16.6 Å². The van der Waals surface area contributed by atoms with Gasteiger partial charge in [-0.1, -0.05) is 89.4 Å². The Morgan fingerprint density at radius 2 is 1.76 bits per heavy atom. The van der Waals surface area contributed by atoms with Crippen LogP contribution in [0.2, 0.25) is 15.1 Å². The van der Waals surface area contributed by atoms with Crippen molar-refractivity contribution in [2.75, 3.05) is 13.2 Å². The molecular formula is C30H30Cl6N4O5. The lowest BCUT2D eigenvalue weighted by molar-refractivity contribution is -0.150. The van der Waals surface area contributed by atoms with Crippen molar-refractivity contribution in [1.82, 2.24) is 19.7 Å². The second-order valence-electron chi connectivity index (χ2n) is 9.51. The van der Waals surface area contributed by atoms with Crippen LogP contribution < -0.4 is 4.74 Å². The quantitative estimate of drug-likeness (QED) is 0.0852. The molecule has 2 aromatic heterocycles. The Kier molecular flexibility index (Phi) is 14.3. The highest BCUT2D eigenvalue weighted by Gasteiger charge is 2.33. The standard InChI is InChI=1S/C18H22ClNO3.C12H8Cl5N3O2/c1-3-4-5-7-13(2)23-17(21)12-22-16-10-9-15(19)14-8-6-11-20-18(14)16;1-2-22-10(21)9-18-11(12(15,16)17)20(19-9)8-4-3-6(13)5-7(8)14/h6,8-11,13H,3-5,7,12H2,1-2H3;3-5H,2H2,1H3. The zero-order chi connectivity index (χ0) is 33.1. The van der Waals surface area contributed by atoms with E-state index < -0.39 is 9.76 Å². The molecule has 0 saturated carbocycles. The van der Waals surface area contributed by atoms with Crippen molar-refractivity contribution < 1.29 is 23.8 Å². The molecule has 0 amide bonds. The maximum Gasteiger partial charge on any atom is 0.378 e. The fourth-order valence-electron chi connectivity index (χ4n) is 3.96. The minimum absolute atomic E-state index is 0.0854. The fraction of sp³-hybridized carbons (Fsp3) is 0.367. The van der Waals surface area contributed by atoms with Crippen molar-refractivity contribution in [3.05, 3.63) is 75.4 Å². The molecule has 0 aliphatic rings. The second-order valence-corrected chi connectivity index (χ2v) is 13.0. The predicted octanol–water partition coefficient (Wildman–Crippen LogP) is 9.36. The molecule has 45 heavy (non-hydrogen) atoms. The number of alkyl halides is 3. The highest BCUT2D eigenvalue weighted by atomic mass is 35.6. The van der Waals surface area contributed by atoms with Gasteiger partial charge >= 0.3 is 11.9 Å². The van der Waals surface area contributed by atoms with Gasteiger partial charge in [0.05, 0.1) is 28.4 Å². The lowest BCUT2D eigenvalue weighted by Crippen LogP contribution is -2.20. The van der Waals surface area contributed by atoms with Gasteiger partial charge in [0.1, 0.15) is 11.3 Å². The molecule has 242 valence electrons. The van der Waals surface area contributed by atoms with Crippen molar-refractivity contribution in [3.63, 3.8) is 0 Å². The summed E-state index contributed by atoms with van der Waals surface area (Å²) in [6.07, 6.45) is 5.83. The van der Waals surface area contributed by atoms with E-state index in [1.807, 2.05) is 19.1 Å². The number of unbranched alkanes of at least 4 members (excludes halogenated alkanes) is 2. The Balaban J connectivity index is 0.000000246. The van der Waals surface area contributed by atoms with Crippen molar-refractivity contribution >= 4 is 92.4 Å². The monoisotopic (exact) mass is 736 g/mol. The molecule has 9 nitrogen and oxygen atoms in total. The van der Waals surface area contributed by atoms with Crippen LogP contribution >= 0.6 is 69.6 Å². The van der Waals surface area contributed by atoms with Gasteiger partial charge in [-0.3, -0.25) is 4.98 Å². The minimum Gasteiger partial charge on any atom is -0.480 e. The van der Waals surface area contributed by atoms with Crippen molar-refractivity contribution in [3.8, 4) is 11.4 Å². The van der Waals surface area contributed by atoms with Crippen molar-refractivity contribution in [2.45, 2.75) is 56.4 Å². The van der Waals surface area contributed by atoms with E-state index in [2.05, 4.69) is 22.0 Å². The molecule has 2 aromatic carbocycles. The maximum atomic E-state index is 11.9. The molecule has 0 fully saturated rings. The first-order valence-corrected chi connectivity index (χ1v) is 16.1. The molecule has 15 heteroatoms. The summed E-state index contributed by atoms with van der Waals surface area (Å²) in [5.41, 5.74) is 0.999. The Labute approximate surface area is 291 Å². The summed E-state index contributed by atoms with van der Waals surface area (Å²) >= 11 is 35.7. The molecule has 0 N–H and O–H groups in total. The predicted molar refractivity (Wildman–Crippen MR) is 179 cm³/mol. The Morgan fingerprint density at radius 1 is 1.00 bits per heavy atom. The lowest BCUT2D eigenvalue weighted by atomic mass is 10.1. The molecular weight excluding hydrogens is 709 g/mol. The van der Waals surface area contributed by atoms with E-state index in [-0.39, 0.29) is 42.0 Å². The van der Waals surface area contributed by atoms with Gasteiger partial charge in [0.2, 0.25) is 3.79 Å². The molecule has 0 aliphatic carbocycles. The number of nitrogens with zero attached hydrogens (tertiary/aromatic N) is 4. The molecule has 0 aliphatic heterocycles. The largest absolute Gasteiger partial charge is 0.480 e. The zero-order valence-electron chi connectivity index (χ0n) is 24.5. The second kappa shape index (κ2) is 17.4. The van der Waals surface area contributed by atoms with Crippen LogP contribution in [0.25, 0.3) is 16.6 Å². The van der Waals surface area contributed by atoms with E-state index in [4.69, 9.17) is 83.8 Å². The van der Waals surface area contributed by atoms with Crippen LogP contribution in [-0.2, 0) is 18.1 Å². The number of carbonyl (C=O) groups excluding carboxylic acids is 2. The number of aromatic nitrogens is 4. The van der Waals surface area contributed by atoms with Gasteiger partial charge in [-0.05, 0) is 69.2 Å². The van der Waals surface area contributed by atoms with Crippen molar-refractivity contribution in [1.29, 1.82) is 0 Å². The first-order chi connectivity index (χ1) is 21.3. The van der Waals surface area contributed by atoms with Crippen LogP contribution in [0.15, 0.2) is 48.7 Å². The molecule has 4 aromatic rings. The molecule has 0 bridgehead atoms. The number of ether oxygens (including phenoxy) is 3. The number of pyridine rings is 1. The lowest BCUT2D eigenvalue weighted by Gasteiger charge is -2.14. The summed E-state index contributed by atoms with van der Waals surface area (Å²) < 4.78 is 15.0. The van der Waals surface area contributed by atoms with Gasteiger partial charge in [0.15, 0.2) is 12.4 Å². The van der Waals surface area contributed by atoms with Crippen molar-refractivity contribution in [2.24, 2.45) is 0 Å². The molecule has 2 heterocycles. The highest BCUT2D eigenvalue weighted by Crippen LogP contribution is 2.39. The third-order valence-corrected chi connectivity index (χ3v) is 7.40. The summed E-state index contributed by atoms with van der Waals surface area (Å²) in [6, 6.07) is 11.8. The van der Waals surface area contributed by atoms with E-state index in [1.165, 1.54) is 6.07 Å². The number of halogens is 6. The summed E-state index contributed by atoms with van der Waals surface area (Å²) in [4.78, 5) is 31.8. The van der Waals surface area contributed by atoms with Gasteiger partial charge < -0.3 is 14.2 Å². The molecule has 4 rings (SSSR count). The van der Waals surface area contributed by atoms with E-state index in [0.29, 0.717) is 27.0 Å². The van der Waals surface area contributed by atoms with E-state index in [0.717, 1.165) is 35.8 Å².